The number of carbonyl (C=O) groups excluding carboxylic acids is 1. The van der Waals surface area contributed by atoms with Crippen molar-refractivity contribution in [1.29, 1.82) is 0 Å². The molecule has 1 aromatic heterocycles. The highest BCUT2D eigenvalue weighted by molar-refractivity contribution is 9.10. The number of non-ortho nitro benzene ring substituents is 1. The molecule has 1 heterocycles. The van der Waals surface area contributed by atoms with Crippen LogP contribution in [0.3, 0.4) is 0 Å². The number of hydrazine groups is 1. The summed E-state index contributed by atoms with van der Waals surface area (Å²) in [6, 6.07) is 12.0. The Morgan fingerprint density at radius 1 is 0.967 bits per heavy atom. The Hall–Kier alpha value is -4.13. The summed E-state index contributed by atoms with van der Waals surface area (Å²) in [5.41, 5.74) is 4.35. The van der Waals surface area contributed by atoms with Crippen molar-refractivity contribution in [2.75, 3.05) is 10.7 Å². The van der Waals surface area contributed by atoms with E-state index in [0.717, 1.165) is 12.4 Å². The summed E-state index contributed by atoms with van der Waals surface area (Å²) in [5, 5.41) is 25.3. The second-order valence-corrected chi connectivity index (χ2v) is 6.52. The molecule has 0 radical (unpaired) electrons. The number of hydrogen-bond donors (Lipinski definition) is 3. The molecule has 0 bridgehead atoms. The Morgan fingerprint density at radius 2 is 1.70 bits per heavy atom. The van der Waals surface area contributed by atoms with Crippen molar-refractivity contribution < 1.29 is 14.6 Å². The molecule has 3 aromatic rings. The summed E-state index contributed by atoms with van der Waals surface area (Å²) in [7, 11) is 0. The van der Waals surface area contributed by atoms with Crippen LogP contribution < -0.4 is 16.2 Å². The van der Waals surface area contributed by atoms with E-state index in [1.54, 1.807) is 24.3 Å². The molecule has 2 aromatic carbocycles. The lowest BCUT2D eigenvalue weighted by Crippen LogP contribution is -2.30. The Labute approximate surface area is 176 Å². The Balaban J connectivity index is 1.83. The molecular formula is C17H12BrN7O5. The lowest BCUT2D eigenvalue weighted by Gasteiger charge is -2.11. The molecule has 0 aliphatic rings. The van der Waals surface area contributed by atoms with Gasteiger partial charge in [-0.1, -0.05) is 18.2 Å². The lowest BCUT2D eigenvalue weighted by atomic mass is 10.2. The second-order valence-electron chi connectivity index (χ2n) is 5.67. The van der Waals surface area contributed by atoms with Gasteiger partial charge in [-0.15, -0.1) is 0 Å². The Bertz CT molecular complexity index is 1140. The molecule has 0 fully saturated rings. The molecule has 0 unspecified atom stereocenters. The average Bonchev–Trinajstić information content (AvgIpc) is 2.73. The van der Waals surface area contributed by atoms with Gasteiger partial charge in [-0.3, -0.25) is 35.9 Å². The zero-order valence-electron chi connectivity index (χ0n) is 14.9. The number of nitro benzene ring substituents is 1. The first-order valence-corrected chi connectivity index (χ1v) is 8.98. The third-order valence-corrected chi connectivity index (χ3v) is 4.44. The van der Waals surface area contributed by atoms with E-state index >= 15 is 0 Å². The van der Waals surface area contributed by atoms with Crippen LogP contribution in [0.25, 0.3) is 0 Å². The SMILES string of the molecule is O=C(NNc1ncnc(Nc2ccccc2Br)c1[N+](=O)[O-])c1cccc([N+](=O)[O-])c1. The average molecular weight is 474 g/mol. The van der Waals surface area contributed by atoms with Crippen LogP contribution in [0.5, 0.6) is 0 Å². The van der Waals surface area contributed by atoms with Gasteiger partial charge in [0, 0.05) is 22.2 Å². The van der Waals surface area contributed by atoms with E-state index in [0.29, 0.717) is 10.2 Å². The predicted molar refractivity (Wildman–Crippen MR) is 110 cm³/mol. The number of anilines is 3. The monoisotopic (exact) mass is 473 g/mol. The van der Waals surface area contributed by atoms with Gasteiger partial charge in [0.15, 0.2) is 0 Å². The van der Waals surface area contributed by atoms with Crippen LogP contribution in [0.2, 0.25) is 0 Å². The van der Waals surface area contributed by atoms with Gasteiger partial charge < -0.3 is 5.32 Å². The molecule has 0 aliphatic carbocycles. The minimum Gasteiger partial charge on any atom is -0.333 e. The van der Waals surface area contributed by atoms with Crippen molar-refractivity contribution in [3.8, 4) is 0 Å². The van der Waals surface area contributed by atoms with E-state index in [9.17, 15) is 25.0 Å². The van der Waals surface area contributed by atoms with E-state index in [4.69, 9.17) is 0 Å². The summed E-state index contributed by atoms with van der Waals surface area (Å²) in [6.07, 6.45) is 1.08. The molecule has 12 nitrogen and oxygen atoms in total. The van der Waals surface area contributed by atoms with Crippen molar-refractivity contribution in [3.05, 3.63) is 85.1 Å². The number of halogens is 1. The molecule has 0 saturated carbocycles. The van der Waals surface area contributed by atoms with E-state index in [1.807, 2.05) is 0 Å². The number of aromatic nitrogens is 2. The molecule has 3 N–H and O–H groups in total. The Morgan fingerprint density at radius 3 is 2.40 bits per heavy atom. The highest BCUT2D eigenvalue weighted by Crippen LogP contribution is 2.33. The van der Waals surface area contributed by atoms with Gasteiger partial charge in [0.1, 0.15) is 6.33 Å². The number of amides is 1. The van der Waals surface area contributed by atoms with Crippen LogP contribution in [0.1, 0.15) is 10.4 Å². The molecule has 0 saturated heterocycles. The summed E-state index contributed by atoms with van der Waals surface area (Å²) >= 11 is 3.33. The summed E-state index contributed by atoms with van der Waals surface area (Å²) in [6.45, 7) is 0. The quantitative estimate of drug-likeness (QED) is 0.343. The topological polar surface area (TPSA) is 165 Å². The normalized spacial score (nSPS) is 10.2. The molecule has 0 atom stereocenters. The Kier molecular flexibility index (Phi) is 6.12. The molecular weight excluding hydrogens is 462 g/mol. The van der Waals surface area contributed by atoms with Crippen molar-refractivity contribution in [2.45, 2.75) is 0 Å². The van der Waals surface area contributed by atoms with Gasteiger partial charge in [-0.05, 0) is 34.1 Å². The maximum Gasteiger partial charge on any atom is 0.355 e. The van der Waals surface area contributed by atoms with Crippen LogP contribution in [0, 0.1) is 20.2 Å². The van der Waals surface area contributed by atoms with Gasteiger partial charge in [0.05, 0.1) is 15.5 Å². The zero-order chi connectivity index (χ0) is 21.7. The van der Waals surface area contributed by atoms with Crippen molar-refractivity contribution in [1.82, 2.24) is 15.4 Å². The number of nitrogens with zero attached hydrogens (tertiary/aromatic N) is 4. The third kappa shape index (κ3) is 4.64. The molecule has 0 aliphatic heterocycles. The number of nitro groups is 2. The fourth-order valence-corrected chi connectivity index (χ4v) is 2.76. The first-order valence-electron chi connectivity index (χ1n) is 8.18. The summed E-state index contributed by atoms with van der Waals surface area (Å²) in [4.78, 5) is 41.1. The van der Waals surface area contributed by atoms with Gasteiger partial charge in [0.25, 0.3) is 11.6 Å². The van der Waals surface area contributed by atoms with Crippen LogP contribution in [0.4, 0.5) is 28.7 Å². The maximum absolute atomic E-state index is 12.3. The number of hydrogen-bond acceptors (Lipinski definition) is 9. The van der Waals surface area contributed by atoms with Crippen molar-refractivity contribution in [3.63, 3.8) is 0 Å². The lowest BCUT2D eigenvalue weighted by molar-refractivity contribution is -0.384. The standard InChI is InChI=1S/C17H12BrN7O5/c18-12-6-1-2-7-13(12)21-15-14(25(29)30)16(20-9-19-15)22-23-17(26)10-4-3-5-11(8-10)24(27)28/h1-9H,(H,23,26)(H2,19,20,21,22). The van der Waals surface area contributed by atoms with Crippen LogP contribution >= 0.6 is 15.9 Å². The summed E-state index contributed by atoms with van der Waals surface area (Å²) < 4.78 is 0.659. The fourth-order valence-electron chi connectivity index (χ4n) is 2.37. The van der Waals surface area contributed by atoms with E-state index in [1.165, 1.54) is 18.2 Å². The smallest absolute Gasteiger partial charge is 0.333 e. The molecule has 1 amide bonds. The van der Waals surface area contributed by atoms with Crippen LogP contribution in [-0.2, 0) is 0 Å². The fraction of sp³-hybridized carbons (Fsp3) is 0. The molecule has 152 valence electrons. The number of nitrogens with one attached hydrogen (secondary N) is 3. The van der Waals surface area contributed by atoms with E-state index in [-0.39, 0.29) is 22.9 Å². The highest BCUT2D eigenvalue weighted by atomic mass is 79.9. The zero-order valence-corrected chi connectivity index (χ0v) is 16.5. The first-order chi connectivity index (χ1) is 14.4. The highest BCUT2D eigenvalue weighted by Gasteiger charge is 2.24. The number of benzene rings is 2. The molecule has 30 heavy (non-hydrogen) atoms. The number of carbonyl (C=O) groups is 1. The first kappa shape index (κ1) is 20.6. The van der Waals surface area contributed by atoms with Crippen LogP contribution in [-0.4, -0.2) is 25.7 Å². The number of para-hydroxylation sites is 1. The van der Waals surface area contributed by atoms with Crippen molar-refractivity contribution >= 4 is 50.5 Å². The third-order valence-electron chi connectivity index (χ3n) is 3.75. The summed E-state index contributed by atoms with van der Waals surface area (Å²) in [5.74, 6) is -1.12. The number of rotatable bonds is 7. The second kappa shape index (κ2) is 8.91. The molecule has 0 spiro atoms. The van der Waals surface area contributed by atoms with Gasteiger partial charge in [-0.2, -0.15) is 0 Å². The molecule has 3 rings (SSSR count). The van der Waals surface area contributed by atoms with Crippen molar-refractivity contribution in [2.24, 2.45) is 0 Å². The largest absolute Gasteiger partial charge is 0.355 e. The van der Waals surface area contributed by atoms with Gasteiger partial charge in [0.2, 0.25) is 11.6 Å². The minimum absolute atomic E-state index is 0.0139. The minimum atomic E-state index is -0.744. The predicted octanol–water partition coefficient (Wildman–Crippen LogP) is 3.56. The molecule has 13 heteroatoms. The van der Waals surface area contributed by atoms with Crippen LogP contribution in [0.15, 0.2) is 59.3 Å². The maximum atomic E-state index is 12.3. The van der Waals surface area contributed by atoms with Gasteiger partial charge in [-0.25, -0.2) is 9.97 Å². The van der Waals surface area contributed by atoms with Gasteiger partial charge >= 0.3 is 5.69 Å². The van der Waals surface area contributed by atoms with E-state index < -0.39 is 21.4 Å². The van der Waals surface area contributed by atoms with E-state index in [2.05, 4.69) is 42.1 Å².